The summed E-state index contributed by atoms with van der Waals surface area (Å²) in [5, 5.41) is 8.38. The maximum Gasteiger partial charge on any atom is 0.246 e. The fourth-order valence-corrected chi connectivity index (χ4v) is 4.33. The number of anilines is 2. The molecular weight excluding hydrogens is 394 g/mol. The number of likely N-dealkylation sites (N-methyl/N-ethyl adjacent to an activating group) is 1. The number of carbonyl (C=O) groups is 1. The fraction of sp³-hybridized carbons (Fsp3) is 0.348. The lowest BCUT2D eigenvalue weighted by molar-refractivity contribution is -0.127. The number of hydrogen-bond donors (Lipinski definition) is 1. The molecule has 0 saturated carbocycles. The molecule has 1 N–H and O–H groups in total. The minimum atomic E-state index is 0.0865. The van der Waals surface area contributed by atoms with Crippen molar-refractivity contribution in [3.63, 3.8) is 0 Å². The van der Waals surface area contributed by atoms with E-state index < -0.39 is 0 Å². The van der Waals surface area contributed by atoms with Gasteiger partial charge in [0.15, 0.2) is 5.13 Å². The summed E-state index contributed by atoms with van der Waals surface area (Å²) in [6, 6.07) is 10.4. The van der Waals surface area contributed by atoms with E-state index in [-0.39, 0.29) is 11.8 Å². The normalized spacial score (nSPS) is 17.2. The molecule has 1 saturated heterocycles. The highest BCUT2D eigenvalue weighted by Crippen LogP contribution is 2.32. The molecule has 1 aliphatic rings. The number of amides is 1. The molecule has 1 atom stereocenters. The average Bonchev–Trinajstić information content (AvgIpc) is 3.26. The first-order valence-electron chi connectivity index (χ1n) is 10.3. The summed E-state index contributed by atoms with van der Waals surface area (Å²) in [6.07, 6.45) is 7.43. The first kappa shape index (κ1) is 20.5. The topological polar surface area (TPSA) is 61.4 Å². The van der Waals surface area contributed by atoms with E-state index in [9.17, 15) is 4.79 Å². The smallest absolute Gasteiger partial charge is 0.246 e. The molecule has 0 radical (unpaired) electrons. The SMILES string of the molecule is CN(C)C/C=C/C(=O)N1CCC[C@@H](c2cc3ccccc3c(Nc3nccs3)n2)C1. The van der Waals surface area contributed by atoms with E-state index in [0.29, 0.717) is 6.54 Å². The summed E-state index contributed by atoms with van der Waals surface area (Å²) in [7, 11) is 3.99. The summed E-state index contributed by atoms with van der Waals surface area (Å²) in [4.78, 5) is 25.9. The second kappa shape index (κ2) is 9.36. The van der Waals surface area contributed by atoms with Crippen LogP contribution in [0.1, 0.15) is 24.5 Å². The van der Waals surface area contributed by atoms with Gasteiger partial charge in [0.05, 0.1) is 0 Å². The van der Waals surface area contributed by atoms with Crippen LogP contribution in [0.25, 0.3) is 10.8 Å². The Balaban J connectivity index is 1.57. The number of nitrogens with one attached hydrogen (secondary N) is 1. The third-order valence-corrected chi connectivity index (χ3v) is 5.99. The molecule has 7 heteroatoms. The molecule has 1 amide bonds. The molecule has 2 aromatic heterocycles. The third kappa shape index (κ3) is 4.86. The number of aromatic nitrogens is 2. The minimum Gasteiger partial charge on any atom is -0.339 e. The Hall–Kier alpha value is -2.77. The van der Waals surface area contributed by atoms with Gasteiger partial charge in [-0.2, -0.15) is 0 Å². The molecule has 1 aromatic carbocycles. The summed E-state index contributed by atoms with van der Waals surface area (Å²) < 4.78 is 0. The van der Waals surface area contributed by atoms with Crippen molar-refractivity contribution in [2.75, 3.05) is 39.0 Å². The van der Waals surface area contributed by atoms with Crippen LogP contribution in [0.4, 0.5) is 10.9 Å². The van der Waals surface area contributed by atoms with Crippen molar-refractivity contribution in [1.82, 2.24) is 19.8 Å². The number of pyridine rings is 1. The highest BCUT2D eigenvalue weighted by Gasteiger charge is 2.25. The van der Waals surface area contributed by atoms with E-state index in [1.165, 1.54) is 0 Å². The van der Waals surface area contributed by atoms with Gasteiger partial charge in [0, 0.05) is 54.3 Å². The van der Waals surface area contributed by atoms with Gasteiger partial charge < -0.3 is 15.1 Å². The van der Waals surface area contributed by atoms with Crippen molar-refractivity contribution < 1.29 is 4.79 Å². The van der Waals surface area contributed by atoms with Crippen LogP contribution in [0.2, 0.25) is 0 Å². The number of carbonyl (C=O) groups excluding carboxylic acids is 1. The Kier molecular flexibility index (Phi) is 6.40. The number of rotatable bonds is 6. The van der Waals surface area contributed by atoms with Crippen molar-refractivity contribution >= 4 is 39.0 Å². The molecule has 156 valence electrons. The van der Waals surface area contributed by atoms with Crippen LogP contribution in [-0.4, -0.2) is 59.4 Å². The van der Waals surface area contributed by atoms with Crippen LogP contribution in [0.5, 0.6) is 0 Å². The number of thiazole rings is 1. The molecular formula is C23H27N5OS. The number of hydrogen-bond acceptors (Lipinski definition) is 6. The van der Waals surface area contributed by atoms with E-state index >= 15 is 0 Å². The van der Waals surface area contributed by atoms with Gasteiger partial charge in [-0.1, -0.05) is 30.3 Å². The summed E-state index contributed by atoms with van der Waals surface area (Å²) in [5.74, 6) is 1.14. The molecule has 3 aromatic rings. The van der Waals surface area contributed by atoms with Crippen LogP contribution in [0, 0.1) is 0 Å². The first-order valence-corrected chi connectivity index (χ1v) is 11.1. The van der Waals surface area contributed by atoms with Gasteiger partial charge in [-0.05, 0) is 38.4 Å². The molecule has 30 heavy (non-hydrogen) atoms. The van der Waals surface area contributed by atoms with Crippen molar-refractivity contribution in [3.05, 3.63) is 59.8 Å². The number of likely N-dealkylation sites (tertiary alicyclic amines) is 1. The van der Waals surface area contributed by atoms with Gasteiger partial charge in [0.1, 0.15) is 5.82 Å². The number of nitrogens with zero attached hydrogens (tertiary/aromatic N) is 4. The zero-order chi connectivity index (χ0) is 20.9. The van der Waals surface area contributed by atoms with Crippen molar-refractivity contribution in [3.8, 4) is 0 Å². The largest absolute Gasteiger partial charge is 0.339 e. The average molecular weight is 422 g/mol. The van der Waals surface area contributed by atoms with Crippen molar-refractivity contribution in [2.24, 2.45) is 0 Å². The van der Waals surface area contributed by atoms with Crippen LogP contribution in [-0.2, 0) is 4.79 Å². The lowest BCUT2D eigenvalue weighted by atomic mass is 9.93. The molecule has 0 spiro atoms. The first-order chi connectivity index (χ1) is 14.6. The zero-order valence-electron chi connectivity index (χ0n) is 17.4. The number of benzene rings is 1. The number of fused-ring (bicyclic) bond motifs is 1. The van der Waals surface area contributed by atoms with Gasteiger partial charge in [-0.15, -0.1) is 11.3 Å². The maximum absolute atomic E-state index is 12.6. The Morgan fingerprint density at radius 3 is 3.03 bits per heavy atom. The van der Waals surface area contributed by atoms with Crippen molar-refractivity contribution in [1.29, 1.82) is 0 Å². The van der Waals surface area contributed by atoms with Gasteiger partial charge in [0.25, 0.3) is 0 Å². The maximum atomic E-state index is 12.6. The van der Waals surface area contributed by atoms with E-state index in [0.717, 1.165) is 53.3 Å². The van der Waals surface area contributed by atoms with Crippen LogP contribution >= 0.6 is 11.3 Å². The predicted octanol–water partition coefficient (Wildman–Crippen LogP) is 4.26. The molecule has 4 rings (SSSR count). The second-order valence-corrected chi connectivity index (χ2v) is 8.76. The van der Waals surface area contributed by atoms with Gasteiger partial charge in [-0.25, -0.2) is 9.97 Å². The summed E-state index contributed by atoms with van der Waals surface area (Å²) >= 11 is 1.56. The molecule has 0 unspecified atom stereocenters. The van der Waals surface area contributed by atoms with E-state index in [2.05, 4.69) is 28.5 Å². The molecule has 6 nitrogen and oxygen atoms in total. The van der Waals surface area contributed by atoms with Crippen LogP contribution in [0.3, 0.4) is 0 Å². The number of piperidine rings is 1. The monoisotopic (exact) mass is 421 g/mol. The fourth-order valence-electron chi connectivity index (χ4n) is 3.80. The lowest BCUT2D eigenvalue weighted by Crippen LogP contribution is -2.38. The lowest BCUT2D eigenvalue weighted by Gasteiger charge is -2.32. The Labute approximate surface area is 181 Å². The third-order valence-electron chi connectivity index (χ3n) is 5.30. The van der Waals surface area contributed by atoms with Gasteiger partial charge in [0.2, 0.25) is 5.91 Å². The Morgan fingerprint density at radius 1 is 1.37 bits per heavy atom. The second-order valence-electron chi connectivity index (χ2n) is 7.87. The Morgan fingerprint density at radius 2 is 2.23 bits per heavy atom. The van der Waals surface area contributed by atoms with Crippen molar-refractivity contribution in [2.45, 2.75) is 18.8 Å². The van der Waals surface area contributed by atoms with Crippen LogP contribution in [0.15, 0.2) is 54.1 Å². The minimum absolute atomic E-state index is 0.0865. The Bertz CT molecular complexity index is 1030. The molecule has 3 heterocycles. The molecule has 1 fully saturated rings. The van der Waals surface area contributed by atoms with E-state index in [1.54, 1.807) is 23.6 Å². The standard InChI is InChI=1S/C23H27N5OS/c1-27(2)12-6-10-21(29)28-13-5-8-18(16-28)20-15-17-7-3-4-9-19(17)22(25-20)26-23-24-11-14-30-23/h3-4,6-7,9-11,14-15,18H,5,8,12-13,16H2,1-2H3,(H,24,25,26)/b10-6+/t18-/m1/s1. The molecule has 0 aliphatic carbocycles. The summed E-state index contributed by atoms with van der Waals surface area (Å²) in [5.41, 5.74) is 1.03. The molecule has 1 aliphatic heterocycles. The zero-order valence-corrected chi connectivity index (χ0v) is 18.2. The van der Waals surface area contributed by atoms with Gasteiger partial charge in [-0.3, -0.25) is 4.79 Å². The quantitative estimate of drug-likeness (QED) is 0.603. The highest BCUT2D eigenvalue weighted by molar-refractivity contribution is 7.13. The molecule has 0 bridgehead atoms. The van der Waals surface area contributed by atoms with Crippen LogP contribution < -0.4 is 5.32 Å². The highest BCUT2D eigenvalue weighted by atomic mass is 32.1. The van der Waals surface area contributed by atoms with Gasteiger partial charge >= 0.3 is 0 Å². The van der Waals surface area contributed by atoms with E-state index in [1.807, 2.05) is 47.5 Å². The summed E-state index contributed by atoms with van der Waals surface area (Å²) in [6.45, 7) is 2.27. The predicted molar refractivity (Wildman–Crippen MR) is 123 cm³/mol. The van der Waals surface area contributed by atoms with E-state index in [4.69, 9.17) is 4.98 Å².